The Hall–Kier alpha value is -2.52. The second-order valence-electron chi connectivity index (χ2n) is 10.8. The molecule has 2 aliphatic carbocycles. The number of nitrogens with zero attached hydrogens (tertiary/aromatic N) is 2. The Kier molecular flexibility index (Phi) is 5.14. The van der Waals surface area contributed by atoms with Crippen molar-refractivity contribution in [1.82, 2.24) is 9.71 Å². The zero-order chi connectivity index (χ0) is 22.6. The summed E-state index contributed by atoms with van der Waals surface area (Å²) in [6.45, 7) is 9.03. The van der Waals surface area contributed by atoms with Crippen molar-refractivity contribution in [3.05, 3.63) is 101 Å². The van der Waals surface area contributed by atoms with Crippen LogP contribution in [0.2, 0.25) is 0 Å². The summed E-state index contributed by atoms with van der Waals surface area (Å²) in [6.07, 6.45) is 11.0. The van der Waals surface area contributed by atoms with Gasteiger partial charge in [-0.15, -0.1) is 0 Å². The van der Waals surface area contributed by atoms with Gasteiger partial charge in [-0.1, -0.05) is 80.3 Å². The van der Waals surface area contributed by atoms with E-state index in [-0.39, 0.29) is 11.6 Å². The van der Waals surface area contributed by atoms with Gasteiger partial charge in [0.15, 0.2) is 7.98 Å². The normalized spacial score (nSPS) is 26.3. The van der Waals surface area contributed by atoms with E-state index in [0.29, 0.717) is 11.8 Å². The topological polar surface area (TPSA) is 6.48 Å². The SMILES string of the molecule is [B]N1CC(Cc2ccc(C3C4=CCC(C)C=C4CC4(CC4)N3C(=C)c3ccccc3)cc2)C1. The highest BCUT2D eigenvalue weighted by atomic mass is 15.3. The molecule has 166 valence electrons. The summed E-state index contributed by atoms with van der Waals surface area (Å²) in [4.78, 5) is 4.60. The summed E-state index contributed by atoms with van der Waals surface area (Å²) < 4.78 is 0. The number of rotatable bonds is 5. The zero-order valence-corrected chi connectivity index (χ0v) is 19.7. The lowest BCUT2D eigenvalue weighted by Crippen LogP contribution is -2.45. The van der Waals surface area contributed by atoms with Crippen molar-refractivity contribution in [3.8, 4) is 0 Å². The predicted molar refractivity (Wildman–Crippen MR) is 138 cm³/mol. The van der Waals surface area contributed by atoms with Crippen LogP contribution in [0.25, 0.3) is 5.70 Å². The minimum atomic E-state index is 0.215. The van der Waals surface area contributed by atoms with Crippen molar-refractivity contribution in [3.63, 3.8) is 0 Å². The molecule has 0 amide bonds. The summed E-state index contributed by atoms with van der Waals surface area (Å²) in [5.41, 5.74) is 8.51. The Labute approximate surface area is 200 Å². The lowest BCUT2D eigenvalue weighted by Gasteiger charge is -2.49. The van der Waals surface area contributed by atoms with Crippen LogP contribution in [0.5, 0.6) is 0 Å². The van der Waals surface area contributed by atoms with Crippen LogP contribution in [0.3, 0.4) is 0 Å². The van der Waals surface area contributed by atoms with Crippen LogP contribution in [0.1, 0.15) is 55.3 Å². The minimum absolute atomic E-state index is 0.215. The molecule has 3 heteroatoms. The maximum absolute atomic E-state index is 5.85. The van der Waals surface area contributed by atoms with Crippen molar-refractivity contribution >= 4 is 13.7 Å². The molecule has 6 rings (SSSR count). The van der Waals surface area contributed by atoms with Gasteiger partial charge in [0.25, 0.3) is 0 Å². The van der Waals surface area contributed by atoms with E-state index in [0.717, 1.165) is 32.4 Å². The molecule has 2 unspecified atom stereocenters. The monoisotopic (exact) mass is 432 g/mol. The Bertz CT molecular complexity index is 1100. The van der Waals surface area contributed by atoms with Gasteiger partial charge in [0, 0.05) is 11.2 Å². The quantitative estimate of drug-likeness (QED) is 0.528. The molecule has 4 aliphatic rings. The maximum atomic E-state index is 5.85. The Balaban J connectivity index is 1.37. The number of fused-ring (bicyclic) bond motifs is 1. The molecule has 1 spiro atoms. The average Bonchev–Trinajstić information content (AvgIpc) is 3.57. The van der Waals surface area contributed by atoms with Crippen LogP contribution in [0.15, 0.2) is 84.5 Å². The van der Waals surface area contributed by atoms with Crippen LogP contribution in [-0.2, 0) is 6.42 Å². The predicted octanol–water partition coefficient (Wildman–Crippen LogP) is 6.09. The fraction of sp³-hybridized carbons (Fsp3) is 0.400. The van der Waals surface area contributed by atoms with Crippen molar-refractivity contribution < 1.29 is 0 Å². The molecular formula is C30H33BN2. The molecule has 0 aromatic heterocycles. The molecule has 2 nitrogen and oxygen atoms in total. The zero-order valence-electron chi connectivity index (χ0n) is 19.7. The Morgan fingerprint density at radius 2 is 1.79 bits per heavy atom. The summed E-state index contributed by atoms with van der Waals surface area (Å²) in [6, 6.07) is 20.5. The van der Waals surface area contributed by atoms with Gasteiger partial charge >= 0.3 is 0 Å². The van der Waals surface area contributed by atoms with Crippen molar-refractivity contribution in [2.24, 2.45) is 11.8 Å². The average molecular weight is 432 g/mol. The van der Waals surface area contributed by atoms with E-state index in [1.807, 2.05) is 4.81 Å². The minimum Gasteiger partial charge on any atom is -0.354 e. The van der Waals surface area contributed by atoms with Crippen LogP contribution >= 0.6 is 0 Å². The fourth-order valence-corrected chi connectivity index (χ4v) is 6.26. The third-order valence-electron chi connectivity index (χ3n) is 8.18. The first-order valence-electron chi connectivity index (χ1n) is 12.6. The molecular weight excluding hydrogens is 399 g/mol. The van der Waals surface area contributed by atoms with E-state index < -0.39 is 0 Å². The largest absolute Gasteiger partial charge is 0.354 e. The second-order valence-corrected chi connectivity index (χ2v) is 10.8. The van der Waals surface area contributed by atoms with Crippen molar-refractivity contribution in [1.29, 1.82) is 0 Å². The number of allylic oxidation sites excluding steroid dienone is 2. The molecule has 2 aliphatic heterocycles. The molecule has 33 heavy (non-hydrogen) atoms. The van der Waals surface area contributed by atoms with E-state index in [1.165, 1.54) is 40.8 Å². The Morgan fingerprint density at radius 3 is 2.45 bits per heavy atom. The van der Waals surface area contributed by atoms with Gasteiger partial charge in [0.2, 0.25) is 0 Å². The summed E-state index contributed by atoms with van der Waals surface area (Å²) in [5, 5.41) is 0. The highest BCUT2D eigenvalue weighted by Crippen LogP contribution is 2.60. The second kappa shape index (κ2) is 8.06. The standard InChI is InChI=1S/C30H33BN2/c1-21-8-13-28-27(16-21)18-30(14-15-30)33(22(2)25-6-4-3-5-7-25)29(28)26-11-9-23(10-12-26)17-24-19-32(31)20-24/h3-7,9-13,16,21,24,29H,2,8,14-15,17-20H2,1H3. The van der Waals surface area contributed by atoms with Crippen molar-refractivity contribution in [2.45, 2.75) is 50.6 Å². The highest BCUT2D eigenvalue weighted by molar-refractivity contribution is 6.04. The van der Waals surface area contributed by atoms with Gasteiger partial charge in [0.1, 0.15) is 0 Å². The Morgan fingerprint density at radius 1 is 1.06 bits per heavy atom. The number of hydrogen-bond acceptors (Lipinski definition) is 2. The number of likely N-dealkylation sites (tertiary alicyclic amines) is 1. The number of hydrogen-bond donors (Lipinski definition) is 0. The first-order valence-corrected chi connectivity index (χ1v) is 12.6. The smallest absolute Gasteiger partial charge is 0.182 e. The summed E-state index contributed by atoms with van der Waals surface area (Å²) in [7, 11) is 5.85. The first-order chi connectivity index (χ1) is 16.0. The van der Waals surface area contributed by atoms with Gasteiger partial charge in [0.05, 0.1) is 6.04 Å². The molecule has 1 saturated carbocycles. The molecule has 2 saturated heterocycles. The third-order valence-corrected chi connectivity index (χ3v) is 8.18. The van der Waals surface area contributed by atoms with E-state index in [4.69, 9.17) is 7.98 Å². The van der Waals surface area contributed by atoms with E-state index in [9.17, 15) is 0 Å². The van der Waals surface area contributed by atoms with E-state index in [1.54, 1.807) is 5.57 Å². The molecule has 3 fully saturated rings. The summed E-state index contributed by atoms with van der Waals surface area (Å²) in [5.74, 6) is 1.33. The maximum Gasteiger partial charge on any atom is 0.182 e. The summed E-state index contributed by atoms with van der Waals surface area (Å²) >= 11 is 0. The number of benzene rings is 2. The molecule has 2 aromatic carbocycles. The van der Waals surface area contributed by atoms with E-state index in [2.05, 4.69) is 85.2 Å². The van der Waals surface area contributed by atoms with Gasteiger partial charge in [-0.2, -0.15) is 0 Å². The van der Waals surface area contributed by atoms with Crippen LogP contribution < -0.4 is 0 Å². The molecule has 2 atom stereocenters. The fourth-order valence-electron chi connectivity index (χ4n) is 6.26. The highest BCUT2D eigenvalue weighted by Gasteiger charge is 2.55. The van der Waals surface area contributed by atoms with Crippen LogP contribution in [0, 0.1) is 11.8 Å². The molecule has 2 heterocycles. The molecule has 0 bridgehead atoms. The lowest BCUT2D eigenvalue weighted by atomic mass is 9.76. The van der Waals surface area contributed by atoms with Gasteiger partial charge in [-0.25, -0.2) is 0 Å². The first kappa shape index (κ1) is 21.0. The third kappa shape index (κ3) is 3.81. The number of piperidine rings is 1. The molecule has 2 aromatic rings. The van der Waals surface area contributed by atoms with Crippen LogP contribution in [0.4, 0.5) is 0 Å². The lowest BCUT2D eigenvalue weighted by molar-refractivity contribution is 0.201. The molecule has 2 radical (unpaired) electrons. The van der Waals surface area contributed by atoms with Gasteiger partial charge < -0.3 is 9.71 Å². The molecule has 0 N–H and O–H groups in total. The van der Waals surface area contributed by atoms with Gasteiger partial charge in [-0.3, -0.25) is 0 Å². The van der Waals surface area contributed by atoms with Crippen molar-refractivity contribution in [2.75, 3.05) is 13.1 Å². The van der Waals surface area contributed by atoms with Gasteiger partial charge in [-0.05, 0) is 84.9 Å². The van der Waals surface area contributed by atoms with Crippen LogP contribution in [-0.4, -0.2) is 36.3 Å². The van der Waals surface area contributed by atoms with E-state index >= 15 is 0 Å².